The minimum absolute atomic E-state index is 0.231. The summed E-state index contributed by atoms with van der Waals surface area (Å²) in [5.74, 6) is -0.840. The van der Waals surface area contributed by atoms with Crippen molar-refractivity contribution in [3.63, 3.8) is 0 Å². The number of benzene rings is 2. The van der Waals surface area contributed by atoms with Crippen molar-refractivity contribution < 1.29 is 19.4 Å². The van der Waals surface area contributed by atoms with E-state index in [0.29, 0.717) is 5.75 Å². The van der Waals surface area contributed by atoms with Gasteiger partial charge in [-0.05, 0) is 29.3 Å². The molecule has 5 nitrogen and oxygen atoms in total. The van der Waals surface area contributed by atoms with Crippen LogP contribution in [0, 0.1) is 0 Å². The van der Waals surface area contributed by atoms with Crippen molar-refractivity contribution in [3.8, 4) is 5.75 Å². The van der Waals surface area contributed by atoms with Crippen molar-refractivity contribution in [1.82, 2.24) is 5.32 Å². The molecule has 0 spiro atoms. The first kappa shape index (κ1) is 17.3. The van der Waals surface area contributed by atoms with Gasteiger partial charge >= 0.3 is 5.97 Å². The molecule has 124 valence electrons. The van der Waals surface area contributed by atoms with E-state index in [0.717, 1.165) is 11.1 Å². The molecule has 0 radical (unpaired) electrons. The zero-order valence-electron chi connectivity index (χ0n) is 13.3. The zero-order valence-corrected chi connectivity index (χ0v) is 13.3. The highest BCUT2D eigenvalue weighted by molar-refractivity contribution is 5.94. The summed E-state index contributed by atoms with van der Waals surface area (Å²) in [5.41, 5.74) is 1.64. The summed E-state index contributed by atoms with van der Waals surface area (Å²) in [5, 5.41) is 11.8. The molecule has 24 heavy (non-hydrogen) atoms. The van der Waals surface area contributed by atoms with E-state index in [1.54, 1.807) is 25.3 Å². The van der Waals surface area contributed by atoms with Gasteiger partial charge in [-0.25, -0.2) is 4.79 Å². The lowest BCUT2D eigenvalue weighted by Gasteiger charge is -2.13. The van der Waals surface area contributed by atoms with Crippen LogP contribution >= 0.6 is 0 Å². The van der Waals surface area contributed by atoms with E-state index in [2.05, 4.69) is 5.32 Å². The average Bonchev–Trinajstić information content (AvgIpc) is 2.60. The number of hydrogen-bond acceptors (Lipinski definition) is 3. The van der Waals surface area contributed by atoms with Crippen molar-refractivity contribution in [2.24, 2.45) is 0 Å². The minimum atomic E-state index is -1.07. The van der Waals surface area contributed by atoms with Gasteiger partial charge in [0.25, 0.3) is 0 Å². The second-order valence-electron chi connectivity index (χ2n) is 5.20. The van der Waals surface area contributed by atoms with Crippen molar-refractivity contribution in [1.29, 1.82) is 0 Å². The number of ether oxygens (including phenoxy) is 1. The third-order valence-electron chi connectivity index (χ3n) is 3.42. The van der Waals surface area contributed by atoms with Gasteiger partial charge in [-0.15, -0.1) is 0 Å². The molecule has 1 atom stereocenters. The fraction of sp³-hybridized carbons (Fsp3) is 0.158. The molecule has 5 heteroatoms. The number of carbonyl (C=O) groups excluding carboxylic acids is 1. The van der Waals surface area contributed by atoms with Gasteiger partial charge in [-0.3, -0.25) is 4.79 Å². The van der Waals surface area contributed by atoms with Crippen LogP contribution in [0.15, 0.2) is 60.7 Å². The van der Waals surface area contributed by atoms with Gasteiger partial charge in [0.15, 0.2) is 0 Å². The van der Waals surface area contributed by atoms with E-state index in [1.807, 2.05) is 42.5 Å². The third-order valence-corrected chi connectivity index (χ3v) is 3.42. The zero-order chi connectivity index (χ0) is 17.4. The Bertz CT molecular complexity index is 725. The monoisotopic (exact) mass is 325 g/mol. The molecular weight excluding hydrogens is 306 g/mol. The summed E-state index contributed by atoms with van der Waals surface area (Å²) < 4.78 is 5.11. The second-order valence-corrected chi connectivity index (χ2v) is 5.20. The lowest BCUT2D eigenvalue weighted by Crippen LogP contribution is -2.41. The number of hydrogen-bond donors (Lipinski definition) is 2. The first-order valence-corrected chi connectivity index (χ1v) is 7.48. The van der Waals surface area contributed by atoms with E-state index in [1.165, 1.54) is 6.08 Å². The Morgan fingerprint density at radius 1 is 1.17 bits per heavy atom. The van der Waals surface area contributed by atoms with Crippen LogP contribution in [0.3, 0.4) is 0 Å². The van der Waals surface area contributed by atoms with Crippen LogP contribution in [0.2, 0.25) is 0 Å². The molecule has 2 rings (SSSR count). The number of aliphatic carboxylic acids is 1. The highest BCUT2D eigenvalue weighted by Crippen LogP contribution is 2.13. The van der Waals surface area contributed by atoms with Crippen molar-refractivity contribution in [3.05, 3.63) is 71.8 Å². The Morgan fingerprint density at radius 3 is 2.58 bits per heavy atom. The summed E-state index contributed by atoms with van der Waals surface area (Å²) in [6, 6.07) is 15.4. The molecule has 0 heterocycles. The predicted molar refractivity (Wildman–Crippen MR) is 91.7 cm³/mol. The Balaban J connectivity index is 1.99. The van der Waals surface area contributed by atoms with Gasteiger partial charge in [0.05, 0.1) is 7.11 Å². The molecule has 0 unspecified atom stereocenters. The van der Waals surface area contributed by atoms with Crippen molar-refractivity contribution in [2.75, 3.05) is 7.11 Å². The number of methoxy groups -OCH3 is 1. The maximum Gasteiger partial charge on any atom is 0.326 e. The van der Waals surface area contributed by atoms with Crippen LogP contribution in [0.4, 0.5) is 0 Å². The Kier molecular flexibility index (Phi) is 6.14. The van der Waals surface area contributed by atoms with E-state index in [4.69, 9.17) is 4.74 Å². The van der Waals surface area contributed by atoms with Crippen LogP contribution in [0.25, 0.3) is 6.08 Å². The second kappa shape index (κ2) is 8.53. The molecule has 0 bridgehead atoms. The topological polar surface area (TPSA) is 75.6 Å². The van der Waals surface area contributed by atoms with E-state index in [-0.39, 0.29) is 6.42 Å². The Labute approximate surface area is 140 Å². The maximum atomic E-state index is 12.0. The molecule has 2 N–H and O–H groups in total. The lowest BCUT2D eigenvalue weighted by atomic mass is 10.1. The molecule has 0 saturated heterocycles. The van der Waals surface area contributed by atoms with Crippen LogP contribution in [0.1, 0.15) is 11.1 Å². The molecule has 2 aromatic rings. The maximum absolute atomic E-state index is 12.0. The van der Waals surface area contributed by atoms with Gasteiger partial charge in [-0.2, -0.15) is 0 Å². The first-order valence-electron chi connectivity index (χ1n) is 7.48. The Hall–Kier alpha value is -3.08. The number of nitrogens with one attached hydrogen (secondary N) is 1. The summed E-state index contributed by atoms with van der Waals surface area (Å²) in [7, 11) is 1.57. The summed E-state index contributed by atoms with van der Waals surface area (Å²) in [4.78, 5) is 23.3. The normalized spacial score (nSPS) is 11.9. The number of carboxylic acid groups (broad SMARTS) is 1. The van der Waals surface area contributed by atoms with Gasteiger partial charge < -0.3 is 15.2 Å². The quantitative estimate of drug-likeness (QED) is 0.767. The molecule has 0 aliphatic carbocycles. The largest absolute Gasteiger partial charge is 0.497 e. The number of amides is 1. The highest BCUT2D eigenvalue weighted by atomic mass is 16.5. The molecule has 0 aliphatic rings. The molecule has 0 saturated carbocycles. The fourth-order valence-corrected chi connectivity index (χ4v) is 2.19. The summed E-state index contributed by atoms with van der Waals surface area (Å²) >= 11 is 0. The molecule has 2 aromatic carbocycles. The van der Waals surface area contributed by atoms with Crippen LogP contribution in [-0.2, 0) is 16.0 Å². The van der Waals surface area contributed by atoms with Gasteiger partial charge in [0, 0.05) is 12.5 Å². The predicted octanol–water partition coefficient (Wildman–Crippen LogP) is 2.52. The van der Waals surface area contributed by atoms with Gasteiger partial charge in [0.1, 0.15) is 11.8 Å². The van der Waals surface area contributed by atoms with E-state index < -0.39 is 17.9 Å². The SMILES string of the molecule is COc1cccc(/C=C/C(=O)N[C@@H](Cc2ccccc2)C(=O)O)c1. The van der Waals surface area contributed by atoms with Crippen LogP contribution in [-0.4, -0.2) is 30.1 Å². The summed E-state index contributed by atoms with van der Waals surface area (Å²) in [6.45, 7) is 0. The van der Waals surface area contributed by atoms with Gasteiger partial charge in [-0.1, -0.05) is 42.5 Å². The molecular formula is C19H19NO4. The average molecular weight is 325 g/mol. The van der Waals surface area contributed by atoms with Crippen molar-refractivity contribution in [2.45, 2.75) is 12.5 Å². The molecule has 1 amide bonds. The number of rotatable bonds is 7. The number of carbonyl (C=O) groups is 2. The first-order chi connectivity index (χ1) is 11.6. The van der Waals surface area contributed by atoms with E-state index >= 15 is 0 Å². The molecule has 0 aromatic heterocycles. The minimum Gasteiger partial charge on any atom is -0.497 e. The van der Waals surface area contributed by atoms with E-state index in [9.17, 15) is 14.7 Å². The number of carboxylic acids is 1. The molecule has 0 aliphatic heterocycles. The molecule has 0 fully saturated rings. The van der Waals surface area contributed by atoms with Crippen LogP contribution in [0.5, 0.6) is 5.75 Å². The standard InChI is InChI=1S/C19H19NO4/c1-24-16-9-5-8-15(12-16)10-11-18(21)20-17(19(22)23)13-14-6-3-2-4-7-14/h2-12,17H,13H2,1H3,(H,20,21)(H,22,23)/b11-10+/t17-/m0/s1. The highest BCUT2D eigenvalue weighted by Gasteiger charge is 2.19. The smallest absolute Gasteiger partial charge is 0.326 e. The Morgan fingerprint density at radius 2 is 1.92 bits per heavy atom. The third kappa shape index (κ3) is 5.28. The van der Waals surface area contributed by atoms with Gasteiger partial charge in [0.2, 0.25) is 5.91 Å². The van der Waals surface area contributed by atoms with Crippen molar-refractivity contribution >= 4 is 18.0 Å². The summed E-state index contributed by atoms with van der Waals surface area (Å²) in [6.07, 6.45) is 3.16. The lowest BCUT2D eigenvalue weighted by molar-refractivity contribution is -0.141. The fourth-order valence-electron chi connectivity index (χ4n) is 2.19. The van der Waals surface area contributed by atoms with Crippen LogP contribution < -0.4 is 10.1 Å².